The van der Waals surface area contributed by atoms with Crippen molar-refractivity contribution in [2.75, 3.05) is 12.4 Å². The van der Waals surface area contributed by atoms with Gasteiger partial charge in [-0.1, -0.05) is 48.5 Å². The zero-order valence-corrected chi connectivity index (χ0v) is 17.8. The van der Waals surface area contributed by atoms with Crippen molar-refractivity contribution in [1.82, 2.24) is 4.31 Å². The first kappa shape index (κ1) is 21.1. The SMILES string of the molecule is CN(C1CCCCC1)S(=O)(=O)c1ccc(C(=O)Nc2cccc(Cl)c2Cl)cc1. The number of carbonyl (C=O) groups is 1. The average molecular weight is 441 g/mol. The molecule has 1 aliphatic rings. The minimum absolute atomic E-state index is 0.0340. The van der Waals surface area contributed by atoms with Crippen LogP contribution >= 0.6 is 23.2 Å². The molecule has 3 rings (SSSR count). The molecule has 1 fully saturated rings. The van der Waals surface area contributed by atoms with Gasteiger partial charge < -0.3 is 5.32 Å². The van der Waals surface area contributed by atoms with Crippen LogP contribution in [0.2, 0.25) is 10.0 Å². The number of anilines is 1. The summed E-state index contributed by atoms with van der Waals surface area (Å²) >= 11 is 12.0. The van der Waals surface area contributed by atoms with Gasteiger partial charge in [-0.15, -0.1) is 0 Å². The number of hydrogen-bond acceptors (Lipinski definition) is 3. The molecule has 1 N–H and O–H groups in total. The predicted molar refractivity (Wildman–Crippen MR) is 113 cm³/mol. The number of halogens is 2. The highest BCUT2D eigenvalue weighted by Crippen LogP contribution is 2.30. The number of amides is 1. The van der Waals surface area contributed by atoms with Crippen molar-refractivity contribution in [1.29, 1.82) is 0 Å². The van der Waals surface area contributed by atoms with E-state index < -0.39 is 15.9 Å². The summed E-state index contributed by atoms with van der Waals surface area (Å²) in [4.78, 5) is 12.6. The van der Waals surface area contributed by atoms with Crippen LogP contribution < -0.4 is 5.32 Å². The summed E-state index contributed by atoms with van der Waals surface area (Å²) in [5.74, 6) is -0.395. The second-order valence-electron chi connectivity index (χ2n) is 6.89. The van der Waals surface area contributed by atoms with Gasteiger partial charge in [-0.05, 0) is 49.2 Å². The molecule has 0 heterocycles. The first-order chi connectivity index (χ1) is 13.3. The van der Waals surface area contributed by atoms with E-state index in [0.717, 1.165) is 32.1 Å². The minimum atomic E-state index is -3.59. The zero-order chi connectivity index (χ0) is 20.3. The summed E-state index contributed by atoms with van der Waals surface area (Å²) in [5, 5.41) is 3.28. The molecular formula is C20H22Cl2N2O3S. The van der Waals surface area contributed by atoms with Gasteiger partial charge in [0.15, 0.2) is 0 Å². The van der Waals surface area contributed by atoms with E-state index in [1.807, 2.05) is 0 Å². The molecule has 0 aromatic heterocycles. The number of sulfonamides is 1. The summed E-state index contributed by atoms with van der Waals surface area (Å²) in [6.45, 7) is 0. The molecule has 0 bridgehead atoms. The smallest absolute Gasteiger partial charge is 0.255 e. The molecule has 0 unspecified atom stereocenters. The Labute approximate surface area is 175 Å². The molecule has 0 saturated heterocycles. The second kappa shape index (κ2) is 8.82. The van der Waals surface area contributed by atoms with Crippen molar-refractivity contribution >= 4 is 44.8 Å². The van der Waals surface area contributed by atoms with Gasteiger partial charge in [0, 0.05) is 18.7 Å². The third-order valence-electron chi connectivity index (χ3n) is 5.08. The maximum Gasteiger partial charge on any atom is 0.255 e. The van der Waals surface area contributed by atoms with Gasteiger partial charge in [0.1, 0.15) is 0 Å². The van der Waals surface area contributed by atoms with E-state index in [0.29, 0.717) is 16.3 Å². The van der Waals surface area contributed by atoms with E-state index in [4.69, 9.17) is 23.2 Å². The molecule has 150 valence electrons. The Bertz CT molecular complexity index is 956. The van der Waals surface area contributed by atoms with Gasteiger partial charge in [-0.2, -0.15) is 4.31 Å². The van der Waals surface area contributed by atoms with Crippen molar-refractivity contribution in [2.24, 2.45) is 0 Å². The van der Waals surface area contributed by atoms with Crippen LogP contribution in [-0.2, 0) is 10.0 Å². The lowest BCUT2D eigenvalue weighted by Gasteiger charge is -2.30. The lowest BCUT2D eigenvalue weighted by atomic mass is 9.96. The summed E-state index contributed by atoms with van der Waals surface area (Å²) in [5.41, 5.74) is 0.725. The topological polar surface area (TPSA) is 66.5 Å². The predicted octanol–water partition coefficient (Wildman–Crippen LogP) is 5.20. The van der Waals surface area contributed by atoms with Crippen LogP contribution in [0.4, 0.5) is 5.69 Å². The molecule has 0 aliphatic heterocycles. The summed E-state index contributed by atoms with van der Waals surface area (Å²) in [6.07, 6.45) is 5.03. The fraction of sp³-hybridized carbons (Fsp3) is 0.350. The van der Waals surface area contributed by atoms with Gasteiger partial charge >= 0.3 is 0 Å². The van der Waals surface area contributed by atoms with Crippen molar-refractivity contribution in [3.05, 3.63) is 58.1 Å². The maximum atomic E-state index is 12.9. The van der Waals surface area contributed by atoms with E-state index >= 15 is 0 Å². The fourth-order valence-corrected chi connectivity index (χ4v) is 5.14. The molecule has 1 aliphatic carbocycles. The molecule has 2 aromatic carbocycles. The molecular weight excluding hydrogens is 419 g/mol. The van der Waals surface area contributed by atoms with E-state index in [1.54, 1.807) is 25.2 Å². The maximum absolute atomic E-state index is 12.9. The van der Waals surface area contributed by atoms with Gasteiger partial charge in [-0.25, -0.2) is 8.42 Å². The Morgan fingerprint density at radius 1 is 1.04 bits per heavy atom. The van der Waals surface area contributed by atoms with Crippen LogP contribution in [-0.4, -0.2) is 31.7 Å². The van der Waals surface area contributed by atoms with Crippen molar-refractivity contribution in [3.8, 4) is 0 Å². The minimum Gasteiger partial charge on any atom is -0.321 e. The Morgan fingerprint density at radius 2 is 1.68 bits per heavy atom. The van der Waals surface area contributed by atoms with Crippen LogP contribution in [0.15, 0.2) is 47.4 Å². The van der Waals surface area contributed by atoms with Crippen molar-refractivity contribution < 1.29 is 13.2 Å². The highest BCUT2D eigenvalue weighted by atomic mass is 35.5. The molecule has 5 nitrogen and oxygen atoms in total. The highest BCUT2D eigenvalue weighted by Gasteiger charge is 2.29. The quantitative estimate of drug-likeness (QED) is 0.694. The first-order valence-corrected chi connectivity index (χ1v) is 11.3. The number of hydrogen-bond donors (Lipinski definition) is 1. The highest BCUT2D eigenvalue weighted by molar-refractivity contribution is 7.89. The fourth-order valence-electron chi connectivity index (χ4n) is 3.38. The standard InChI is InChI=1S/C20H22Cl2N2O3S/c1-24(15-6-3-2-4-7-15)28(26,27)16-12-10-14(11-13-16)20(25)23-18-9-5-8-17(21)19(18)22/h5,8-13,15H,2-4,6-7H2,1H3,(H,23,25). The average Bonchev–Trinajstić information content (AvgIpc) is 2.71. The normalized spacial score (nSPS) is 15.6. The third-order valence-corrected chi connectivity index (χ3v) is 7.83. The van der Waals surface area contributed by atoms with E-state index in [9.17, 15) is 13.2 Å². The van der Waals surface area contributed by atoms with Crippen LogP contribution in [0.25, 0.3) is 0 Å². The van der Waals surface area contributed by atoms with Gasteiger partial charge in [0.05, 0.1) is 20.6 Å². The number of carbonyl (C=O) groups excluding carboxylic acids is 1. The zero-order valence-electron chi connectivity index (χ0n) is 15.5. The van der Waals surface area contributed by atoms with Crippen LogP contribution in [0, 0.1) is 0 Å². The Morgan fingerprint density at radius 3 is 2.32 bits per heavy atom. The monoisotopic (exact) mass is 440 g/mol. The van der Waals surface area contributed by atoms with Crippen LogP contribution in [0.5, 0.6) is 0 Å². The number of nitrogens with zero attached hydrogens (tertiary/aromatic N) is 1. The van der Waals surface area contributed by atoms with Crippen molar-refractivity contribution in [2.45, 2.75) is 43.0 Å². The molecule has 8 heteroatoms. The number of rotatable bonds is 5. The second-order valence-corrected chi connectivity index (χ2v) is 9.68. The van der Waals surface area contributed by atoms with E-state index in [-0.39, 0.29) is 16.0 Å². The molecule has 1 amide bonds. The summed E-state index contributed by atoms with van der Waals surface area (Å²) in [7, 11) is -1.96. The largest absolute Gasteiger partial charge is 0.321 e. The molecule has 2 aromatic rings. The van der Waals surface area contributed by atoms with Gasteiger partial charge in [-0.3, -0.25) is 4.79 Å². The first-order valence-electron chi connectivity index (χ1n) is 9.14. The van der Waals surface area contributed by atoms with Crippen molar-refractivity contribution in [3.63, 3.8) is 0 Å². The molecule has 0 atom stereocenters. The van der Waals surface area contributed by atoms with E-state index in [2.05, 4.69) is 5.32 Å². The molecule has 0 radical (unpaired) electrons. The number of benzene rings is 2. The van der Waals surface area contributed by atoms with Crippen LogP contribution in [0.1, 0.15) is 42.5 Å². The lowest BCUT2D eigenvalue weighted by Crippen LogP contribution is -2.38. The molecule has 0 spiro atoms. The Kier molecular flexibility index (Phi) is 6.65. The Hall–Kier alpha value is -1.60. The summed E-state index contributed by atoms with van der Waals surface area (Å²) in [6, 6.07) is 10.9. The van der Waals surface area contributed by atoms with Crippen LogP contribution in [0.3, 0.4) is 0 Å². The third kappa shape index (κ3) is 4.51. The Balaban J connectivity index is 1.75. The lowest BCUT2D eigenvalue weighted by molar-refractivity contribution is 0.102. The van der Waals surface area contributed by atoms with Gasteiger partial charge in [0.25, 0.3) is 5.91 Å². The van der Waals surface area contributed by atoms with E-state index in [1.165, 1.54) is 28.6 Å². The summed E-state index contributed by atoms with van der Waals surface area (Å²) < 4.78 is 27.2. The molecule has 28 heavy (non-hydrogen) atoms. The molecule has 1 saturated carbocycles. The van der Waals surface area contributed by atoms with Gasteiger partial charge in [0.2, 0.25) is 10.0 Å². The number of nitrogens with one attached hydrogen (secondary N) is 1.